The van der Waals surface area contributed by atoms with Crippen molar-refractivity contribution < 1.29 is 0 Å². The van der Waals surface area contributed by atoms with Crippen molar-refractivity contribution in [3.63, 3.8) is 0 Å². The number of nitrogen functional groups attached to an aromatic ring is 1. The van der Waals surface area contributed by atoms with Gasteiger partial charge in [-0.3, -0.25) is 0 Å². The third-order valence-corrected chi connectivity index (χ3v) is 3.44. The molecule has 1 aromatic carbocycles. The average molecular weight is 268 g/mol. The normalized spacial score (nSPS) is 15.2. The molecule has 0 bridgehead atoms. The van der Waals surface area contributed by atoms with Crippen molar-refractivity contribution in [2.24, 2.45) is 0 Å². The van der Waals surface area contributed by atoms with Crippen LogP contribution in [0, 0.1) is 0 Å². The fraction of sp³-hybridized carbons (Fsp3) is 0.250. The molecular weight excluding hydrogens is 257 g/mol. The lowest BCUT2D eigenvalue weighted by Crippen LogP contribution is -2.02. The maximum atomic E-state index is 6.13. The molecule has 3 nitrogen and oxygen atoms in total. The van der Waals surface area contributed by atoms with Crippen LogP contribution < -0.4 is 5.73 Å². The minimum Gasteiger partial charge on any atom is -0.384 e. The van der Waals surface area contributed by atoms with E-state index in [2.05, 4.69) is 5.10 Å². The van der Waals surface area contributed by atoms with Crippen LogP contribution in [0.15, 0.2) is 24.3 Å². The fourth-order valence-electron chi connectivity index (χ4n) is 1.83. The van der Waals surface area contributed by atoms with Gasteiger partial charge in [-0.15, -0.1) is 0 Å². The quantitative estimate of drug-likeness (QED) is 0.903. The first-order valence-electron chi connectivity index (χ1n) is 5.46. The van der Waals surface area contributed by atoms with E-state index >= 15 is 0 Å². The zero-order valence-electron chi connectivity index (χ0n) is 9.03. The van der Waals surface area contributed by atoms with E-state index in [-0.39, 0.29) is 0 Å². The first kappa shape index (κ1) is 10.9. The van der Waals surface area contributed by atoms with Crippen molar-refractivity contribution in [1.29, 1.82) is 0 Å². The summed E-state index contributed by atoms with van der Waals surface area (Å²) in [5, 5.41) is 5.70. The van der Waals surface area contributed by atoms with Crippen molar-refractivity contribution in [1.82, 2.24) is 9.78 Å². The number of nitrogens with two attached hydrogens (primary N) is 1. The number of aromatic nitrogens is 2. The molecule has 0 aliphatic heterocycles. The molecule has 2 N–H and O–H groups in total. The highest BCUT2D eigenvalue weighted by molar-refractivity contribution is 6.34. The molecule has 1 aliphatic rings. The lowest BCUT2D eigenvalue weighted by Gasteiger charge is -2.06. The first-order valence-corrected chi connectivity index (χ1v) is 6.21. The summed E-state index contributed by atoms with van der Waals surface area (Å²) < 4.78 is 1.65. The third-order valence-electron chi connectivity index (χ3n) is 2.89. The first-order chi connectivity index (χ1) is 8.15. The largest absolute Gasteiger partial charge is 0.384 e. The van der Waals surface area contributed by atoms with Crippen LogP contribution in [0.3, 0.4) is 0 Å². The molecule has 0 saturated heterocycles. The Kier molecular flexibility index (Phi) is 2.53. The van der Waals surface area contributed by atoms with Crippen LogP contribution in [0.2, 0.25) is 10.0 Å². The molecule has 0 radical (unpaired) electrons. The Hall–Kier alpha value is -1.19. The number of anilines is 1. The highest BCUT2D eigenvalue weighted by atomic mass is 35.5. The van der Waals surface area contributed by atoms with E-state index in [9.17, 15) is 0 Å². The van der Waals surface area contributed by atoms with Crippen molar-refractivity contribution in [2.45, 2.75) is 18.8 Å². The van der Waals surface area contributed by atoms with Gasteiger partial charge in [-0.2, -0.15) is 5.10 Å². The van der Waals surface area contributed by atoms with Crippen LogP contribution in [0.25, 0.3) is 5.69 Å². The van der Waals surface area contributed by atoms with Crippen molar-refractivity contribution in [2.75, 3.05) is 5.73 Å². The van der Waals surface area contributed by atoms with Crippen LogP contribution in [0.5, 0.6) is 0 Å². The molecule has 0 atom stereocenters. The van der Waals surface area contributed by atoms with Crippen LogP contribution in [-0.2, 0) is 0 Å². The van der Waals surface area contributed by atoms with Crippen molar-refractivity contribution in [3.05, 3.63) is 40.0 Å². The molecule has 0 amide bonds. The molecule has 17 heavy (non-hydrogen) atoms. The molecule has 0 spiro atoms. The molecule has 0 unspecified atom stereocenters. The number of hydrogen-bond acceptors (Lipinski definition) is 2. The Bertz CT molecular complexity index is 573. The fourth-order valence-corrected chi connectivity index (χ4v) is 2.20. The summed E-state index contributed by atoms with van der Waals surface area (Å²) in [6.07, 6.45) is 2.39. The zero-order valence-corrected chi connectivity index (χ0v) is 10.5. The van der Waals surface area contributed by atoms with Crippen LogP contribution >= 0.6 is 23.2 Å². The van der Waals surface area contributed by atoms with E-state index < -0.39 is 0 Å². The number of nitrogens with zero attached hydrogens (tertiary/aromatic N) is 2. The van der Waals surface area contributed by atoms with Gasteiger partial charge < -0.3 is 5.73 Å². The topological polar surface area (TPSA) is 43.8 Å². The Labute approximate surface area is 109 Å². The van der Waals surface area contributed by atoms with Gasteiger partial charge in [0.1, 0.15) is 5.82 Å². The molecule has 1 heterocycles. The summed E-state index contributed by atoms with van der Waals surface area (Å²) in [6.45, 7) is 0. The molecular formula is C12H11Cl2N3. The Balaban J connectivity index is 2.10. The van der Waals surface area contributed by atoms with E-state index in [0.29, 0.717) is 21.8 Å². The molecule has 1 fully saturated rings. The van der Waals surface area contributed by atoms with Gasteiger partial charge in [-0.05, 0) is 31.0 Å². The lowest BCUT2D eigenvalue weighted by molar-refractivity contribution is 0.845. The number of halogens is 2. The number of rotatable bonds is 2. The molecule has 88 valence electrons. The van der Waals surface area contributed by atoms with Gasteiger partial charge >= 0.3 is 0 Å². The molecule has 1 aliphatic carbocycles. The predicted octanol–water partition coefficient (Wildman–Crippen LogP) is 3.64. The van der Waals surface area contributed by atoms with Gasteiger partial charge in [-0.25, -0.2) is 4.68 Å². The Morgan fingerprint density at radius 1 is 1.24 bits per heavy atom. The lowest BCUT2D eigenvalue weighted by atomic mass is 10.3. The van der Waals surface area contributed by atoms with E-state index in [1.54, 1.807) is 22.9 Å². The molecule has 5 heteroatoms. The van der Waals surface area contributed by atoms with Crippen LogP contribution in [0.4, 0.5) is 5.82 Å². The van der Waals surface area contributed by atoms with E-state index in [1.807, 2.05) is 6.07 Å². The highest BCUT2D eigenvalue weighted by Crippen LogP contribution is 2.40. The van der Waals surface area contributed by atoms with E-state index in [0.717, 1.165) is 11.4 Å². The third kappa shape index (κ3) is 2.01. The van der Waals surface area contributed by atoms with E-state index in [4.69, 9.17) is 28.9 Å². The zero-order chi connectivity index (χ0) is 12.0. The summed E-state index contributed by atoms with van der Waals surface area (Å²) >= 11 is 12.1. The van der Waals surface area contributed by atoms with Gasteiger partial charge in [0.2, 0.25) is 0 Å². The van der Waals surface area contributed by atoms with Gasteiger partial charge in [-0.1, -0.05) is 23.2 Å². The number of hydrogen-bond donors (Lipinski definition) is 1. The minimum absolute atomic E-state index is 0.566. The maximum absolute atomic E-state index is 6.13. The van der Waals surface area contributed by atoms with Gasteiger partial charge in [0.15, 0.2) is 0 Å². The Morgan fingerprint density at radius 2 is 2.00 bits per heavy atom. The second-order valence-electron chi connectivity index (χ2n) is 4.28. The average Bonchev–Trinajstić information content (AvgIpc) is 3.07. The highest BCUT2D eigenvalue weighted by Gasteiger charge is 2.27. The summed E-state index contributed by atoms with van der Waals surface area (Å²) in [7, 11) is 0. The molecule has 2 aromatic rings. The summed E-state index contributed by atoms with van der Waals surface area (Å²) in [5.41, 5.74) is 7.72. The molecule has 1 aromatic heterocycles. The van der Waals surface area contributed by atoms with Crippen molar-refractivity contribution in [3.8, 4) is 5.69 Å². The minimum atomic E-state index is 0.566. The SMILES string of the molecule is Nc1cc(C2CC2)nn1-c1cc(Cl)ccc1Cl. The Morgan fingerprint density at radius 3 is 2.71 bits per heavy atom. The standard InChI is InChI=1S/C12H11Cl2N3/c13-8-3-4-9(14)11(5-8)17-12(15)6-10(16-17)7-1-2-7/h3-7H,1-2,15H2. The van der Waals surface area contributed by atoms with Crippen LogP contribution in [0.1, 0.15) is 24.5 Å². The van der Waals surface area contributed by atoms with Crippen molar-refractivity contribution >= 4 is 29.0 Å². The smallest absolute Gasteiger partial charge is 0.127 e. The van der Waals surface area contributed by atoms with Crippen LogP contribution in [-0.4, -0.2) is 9.78 Å². The predicted molar refractivity (Wildman–Crippen MR) is 70.0 cm³/mol. The molecule has 3 rings (SSSR count). The van der Waals surface area contributed by atoms with Gasteiger partial charge in [0, 0.05) is 17.0 Å². The van der Waals surface area contributed by atoms with Gasteiger partial charge in [0.25, 0.3) is 0 Å². The maximum Gasteiger partial charge on any atom is 0.127 e. The second kappa shape index (κ2) is 3.93. The summed E-state index contributed by atoms with van der Waals surface area (Å²) in [4.78, 5) is 0. The monoisotopic (exact) mass is 267 g/mol. The van der Waals surface area contributed by atoms with Gasteiger partial charge in [0.05, 0.1) is 16.4 Å². The second-order valence-corrected chi connectivity index (χ2v) is 5.12. The molecule has 1 saturated carbocycles. The number of benzene rings is 1. The van der Waals surface area contributed by atoms with E-state index in [1.165, 1.54) is 12.8 Å². The summed E-state index contributed by atoms with van der Waals surface area (Å²) in [6, 6.07) is 7.17. The summed E-state index contributed by atoms with van der Waals surface area (Å²) in [5.74, 6) is 1.16.